The fraction of sp³-hybridized carbons (Fsp3) is 0.211. The minimum absolute atomic E-state index is 0.204. The number of ether oxygens (including phenoxy) is 1. The summed E-state index contributed by atoms with van der Waals surface area (Å²) in [5, 5.41) is 5.88. The van der Waals surface area contributed by atoms with Gasteiger partial charge in [0.25, 0.3) is 5.91 Å². The number of rotatable bonds is 6. The highest BCUT2D eigenvalue weighted by Gasteiger charge is 2.14. The Morgan fingerprint density at radius 3 is 2.35 bits per heavy atom. The van der Waals surface area contributed by atoms with Crippen molar-refractivity contribution in [2.24, 2.45) is 0 Å². The van der Waals surface area contributed by atoms with Gasteiger partial charge in [-0.1, -0.05) is 29.8 Å². The lowest BCUT2D eigenvalue weighted by molar-refractivity contribution is -0.124. The van der Waals surface area contributed by atoms with Crippen molar-refractivity contribution in [2.45, 2.75) is 19.9 Å². The van der Waals surface area contributed by atoms with E-state index in [0.717, 1.165) is 5.56 Å². The third kappa shape index (κ3) is 5.60. The van der Waals surface area contributed by atoms with E-state index in [4.69, 9.17) is 16.3 Å². The molecule has 0 unspecified atom stereocenters. The molecule has 2 aromatic carbocycles. The van der Waals surface area contributed by atoms with Gasteiger partial charge in [-0.05, 0) is 42.8 Å². The van der Waals surface area contributed by atoms with Gasteiger partial charge in [-0.15, -0.1) is 0 Å². The molecule has 136 valence electrons. The molecule has 0 radical (unpaired) electrons. The van der Waals surface area contributed by atoms with E-state index in [2.05, 4.69) is 10.6 Å². The zero-order chi connectivity index (χ0) is 19.1. The average Bonchev–Trinajstić information content (AvgIpc) is 2.60. The Labute approximate surface area is 156 Å². The van der Waals surface area contributed by atoms with E-state index >= 15 is 0 Å². The van der Waals surface area contributed by atoms with Crippen LogP contribution in [0.5, 0.6) is 0 Å². The normalized spacial score (nSPS) is 11.3. The topological polar surface area (TPSA) is 84.5 Å². The Morgan fingerprint density at radius 1 is 1.08 bits per heavy atom. The van der Waals surface area contributed by atoms with Gasteiger partial charge in [-0.3, -0.25) is 9.59 Å². The molecule has 0 fully saturated rings. The summed E-state index contributed by atoms with van der Waals surface area (Å²) < 4.78 is 5.01. The minimum atomic E-state index is -0.625. The summed E-state index contributed by atoms with van der Waals surface area (Å²) in [6.45, 7) is 2.78. The third-order valence-corrected chi connectivity index (χ3v) is 3.87. The average molecular weight is 375 g/mol. The maximum Gasteiger partial charge on any atom is 0.338 e. The Balaban J connectivity index is 1.85. The highest BCUT2D eigenvalue weighted by molar-refractivity contribution is 6.31. The van der Waals surface area contributed by atoms with Crippen LogP contribution in [0.25, 0.3) is 0 Å². The van der Waals surface area contributed by atoms with Gasteiger partial charge in [0.2, 0.25) is 5.91 Å². The number of anilines is 1. The lowest BCUT2D eigenvalue weighted by atomic mass is 10.1. The predicted molar refractivity (Wildman–Crippen MR) is 99.0 cm³/mol. The lowest BCUT2D eigenvalue weighted by Gasteiger charge is -2.15. The van der Waals surface area contributed by atoms with Gasteiger partial charge in [0.1, 0.15) is 0 Å². The van der Waals surface area contributed by atoms with Crippen LogP contribution in [0.4, 0.5) is 5.69 Å². The lowest BCUT2D eigenvalue weighted by Crippen LogP contribution is -2.31. The molecule has 1 atom stereocenters. The molecule has 0 saturated carbocycles. The second-order valence-electron chi connectivity index (χ2n) is 5.65. The fourth-order valence-electron chi connectivity index (χ4n) is 2.29. The molecule has 2 rings (SSSR count). The summed E-state index contributed by atoms with van der Waals surface area (Å²) in [5.74, 6) is -1.26. The first-order chi connectivity index (χ1) is 12.4. The molecule has 0 aliphatic rings. The Morgan fingerprint density at radius 2 is 1.73 bits per heavy atom. The zero-order valence-corrected chi connectivity index (χ0v) is 15.2. The molecule has 2 aromatic rings. The van der Waals surface area contributed by atoms with Gasteiger partial charge in [-0.2, -0.15) is 0 Å². The number of hydrogen-bond acceptors (Lipinski definition) is 4. The molecule has 0 aliphatic carbocycles. The molecule has 0 bridgehead atoms. The van der Waals surface area contributed by atoms with E-state index in [1.54, 1.807) is 31.2 Å². The number of halogens is 1. The number of nitrogens with one attached hydrogen (secondary N) is 2. The fourth-order valence-corrected chi connectivity index (χ4v) is 2.59. The molecule has 0 saturated heterocycles. The van der Waals surface area contributed by atoms with Crippen molar-refractivity contribution in [2.75, 3.05) is 11.9 Å². The van der Waals surface area contributed by atoms with E-state index in [1.165, 1.54) is 19.1 Å². The van der Waals surface area contributed by atoms with Crippen molar-refractivity contribution in [3.8, 4) is 0 Å². The van der Waals surface area contributed by atoms with Crippen LogP contribution < -0.4 is 10.6 Å². The van der Waals surface area contributed by atoms with Crippen molar-refractivity contribution in [3.05, 3.63) is 64.7 Å². The monoisotopic (exact) mass is 374 g/mol. The number of carbonyl (C=O) groups is 3. The SMILES string of the molecule is CC(=O)Nc1ccc(C(=O)OCC(=O)N[C@H](C)c2ccccc2Cl)cc1. The number of amides is 2. The second kappa shape index (κ2) is 9.01. The van der Waals surface area contributed by atoms with Crippen molar-refractivity contribution in [1.29, 1.82) is 0 Å². The number of benzene rings is 2. The van der Waals surface area contributed by atoms with Gasteiger partial charge in [0, 0.05) is 17.6 Å². The first-order valence-electron chi connectivity index (χ1n) is 7.95. The predicted octanol–water partition coefficient (Wildman–Crippen LogP) is 3.33. The smallest absolute Gasteiger partial charge is 0.338 e. The van der Waals surface area contributed by atoms with Crippen LogP contribution in [0.3, 0.4) is 0 Å². The van der Waals surface area contributed by atoms with Crippen LogP contribution in [0.15, 0.2) is 48.5 Å². The quantitative estimate of drug-likeness (QED) is 0.759. The largest absolute Gasteiger partial charge is 0.452 e. The van der Waals surface area contributed by atoms with E-state index in [1.807, 2.05) is 12.1 Å². The molecule has 0 aromatic heterocycles. The van der Waals surface area contributed by atoms with Crippen LogP contribution in [0.1, 0.15) is 35.8 Å². The maximum atomic E-state index is 12.0. The van der Waals surface area contributed by atoms with Gasteiger partial charge < -0.3 is 15.4 Å². The molecule has 2 amide bonds. The molecule has 0 spiro atoms. The number of hydrogen-bond donors (Lipinski definition) is 2. The standard InChI is InChI=1S/C19H19ClN2O4/c1-12(16-5-3-4-6-17(16)20)21-18(24)11-26-19(25)14-7-9-15(10-8-14)22-13(2)23/h3-10,12H,11H2,1-2H3,(H,21,24)(H,22,23)/t12-/m1/s1. The van der Waals surface area contributed by atoms with Gasteiger partial charge >= 0.3 is 5.97 Å². The second-order valence-corrected chi connectivity index (χ2v) is 6.05. The molecule has 0 heterocycles. The van der Waals surface area contributed by atoms with E-state index < -0.39 is 18.5 Å². The Bertz CT molecular complexity index is 805. The Kier molecular flexibility index (Phi) is 6.74. The van der Waals surface area contributed by atoms with Crippen LogP contribution >= 0.6 is 11.6 Å². The molecule has 6 nitrogen and oxygen atoms in total. The van der Waals surface area contributed by atoms with Crippen LogP contribution in [-0.4, -0.2) is 24.4 Å². The molecule has 0 aliphatic heterocycles. The van der Waals surface area contributed by atoms with Gasteiger partial charge in [-0.25, -0.2) is 4.79 Å². The highest BCUT2D eigenvalue weighted by atomic mass is 35.5. The van der Waals surface area contributed by atoms with Gasteiger partial charge in [0.05, 0.1) is 11.6 Å². The minimum Gasteiger partial charge on any atom is -0.452 e. The van der Waals surface area contributed by atoms with E-state index in [0.29, 0.717) is 10.7 Å². The van der Waals surface area contributed by atoms with E-state index in [-0.39, 0.29) is 17.5 Å². The molecule has 26 heavy (non-hydrogen) atoms. The molecule has 2 N–H and O–H groups in total. The summed E-state index contributed by atoms with van der Waals surface area (Å²) in [6.07, 6.45) is 0. The van der Waals surface area contributed by atoms with Crippen molar-refractivity contribution in [3.63, 3.8) is 0 Å². The van der Waals surface area contributed by atoms with Crippen LogP contribution in [-0.2, 0) is 14.3 Å². The zero-order valence-electron chi connectivity index (χ0n) is 14.4. The summed E-state index contributed by atoms with van der Waals surface area (Å²) in [6, 6.07) is 13.1. The third-order valence-electron chi connectivity index (χ3n) is 3.52. The van der Waals surface area contributed by atoms with E-state index in [9.17, 15) is 14.4 Å². The molecule has 7 heteroatoms. The van der Waals surface area contributed by atoms with Crippen LogP contribution in [0, 0.1) is 0 Å². The Hall–Kier alpha value is -2.86. The molecular weight excluding hydrogens is 356 g/mol. The summed E-state index contributed by atoms with van der Waals surface area (Å²) >= 11 is 6.09. The first kappa shape index (κ1) is 19.5. The maximum absolute atomic E-state index is 12.0. The summed E-state index contributed by atoms with van der Waals surface area (Å²) in [5.41, 5.74) is 1.63. The number of carbonyl (C=O) groups excluding carboxylic acids is 3. The van der Waals surface area contributed by atoms with Crippen LogP contribution in [0.2, 0.25) is 5.02 Å². The summed E-state index contributed by atoms with van der Waals surface area (Å²) in [4.78, 5) is 34.9. The van der Waals surface area contributed by atoms with Crippen molar-refractivity contribution in [1.82, 2.24) is 5.32 Å². The summed E-state index contributed by atoms with van der Waals surface area (Å²) in [7, 11) is 0. The van der Waals surface area contributed by atoms with Gasteiger partial charge in [0.15, 0.2) is 6.61 Å². The van der Waals surface area contributed by atoms with Crippen molar-refractivity contribution >= 4 is 35.1 Å². The highest BCUT2D eigenvalue weighted by Crippen LogP contribution is 2.21. The van der Waals surface area contributed by atoms with Crippen molar-refractivity contribution < 1.29 is 19.1 Å². The number of esters is 1. The first-order valence-corrected chi connectivity index (χ1v) is 8.33. The molecular formula is C19H19ClN2O4.